The third kappa shape index (κ3) is 3.80. The van der Waals surface area contributed by atoms with E-state index in [4.69, 9.17) is 10.8 Å². The summed E-state index contributed by atoms with van der Waals surface area (Å²) in [5.74, 6) is 1.36. The van der Waals surface area contributed by atoms with E-state index in [1.165, 1.54) is 0 Å². The monoisotopic (exact) mass is 416 g/mol. The molecule has 9 heteroatoms. The van der Waals surface area contributed by atoms with Crippen LogP contribution in [0.25, 0.3) is 28.0 Å². The number of hydrogen-bond acceptors (Lipinski definition) is 8. The number of piperazine rings is 1. The van der Waals surface area contributed by atoms with Crippen LogP contribution < -0.4 is 10.6 Å². The Labute approximate surface area is 179 Å². The minimum atomic E-state index is 0.205. The summed E-state index contributed by atoms with van der Waals surface area (Å²) in [5, 5.41) is 13.5. The van der Waals surface area contributed by atoms with Crippen LogP contribution in [-0.2, 0) is 0 Å². The molecule has 0 spiro atoms. The lowest BCUT2D eigenvalue weighted by atomic mass is 10.1. The van der Waals surface area contributed by atoms with Gasteiger partial charge in [0.25, 0.3) is 0 Å². The smallest absolute Gasteiger partial charge is 0.166 e. The Morgan fingerprint density at radius 3 is 2.48 bits per heavy atom. The molecule has 0 aromatic carbocycles. The topological polar surface area (TPSA) is 109 Å². The number of β-amino-alcohol motifs (C(OH)–C–C–N with tert-alkyl or cyclic N) is 1. The molecule has 5 rings (SSSR count). The van der Waals surface area contributed by atoms with E-state index in [9.17, 15) is 0 Å². The summed E-state index contributed by atoms with van der Waals surface area (Å²) in [5.41, 5.74) is 10.2. The quantitative estimate of drug-likeness (QED) is 0.504. The fraction of sp³-hybridized carbons (Fsp3) is 0.273. The number of aromatic nitrogens is 5. The van der Waals surface area contributed by atoms with Gasteiger partial charge in [0, 0.05) is 68.6 Å². The zero-order valence-electron chi connectivity index (χ0n) is 17.1. The Balaban J connectivity index is 1.38. The van der Waals surface area contributed by atoms with Crippen LogP contribution in [0.15, 0.2) is 55.1 Å². The van der Waals surface area contributed by atoms with Crippen molar-refractivity contribution in [1.82, 2.24) is 29.5 Å². The Hall–Kier alpha value is -3.56. The van der Waals surface area contributed by atoms with Gasteiger partial charge in [0.2, 0.25) is 0 Å². The molecule has 9 nitrogen and oxygen atoms in total. The van der Waals surface area contributed by atoms with E-state index in [1.54, 1.807) is 10.7 Å². The minimum absolute atomic E-state index is 0.205. The molecule has 0 aliphatic carbocycles. The molecule has 0 bridgehead atoms. The van der Waals surface area contributed by atoms with Crippen molar-refractivity contribution in [1.29, 1.82) is 0 Å². The Morgan fingerprint density at radius 1 is 0.935 bits per heavy atom. The van der Waals surface area contributed by atoms with Gasteiger partial charge in [-0.15, -0.1) is 5.10 Å². The second-order valence-electron chi connectivity index (χ2n) is 7.54. The van der Waals surface area contributed by atoms with Gasteiger partial charge in [-0.2, -0.15) is 0 Å². The van der Waals surface area contributed by atoms with Gasteiger partial charge in [-0.3, -0.25) is 9.88 Å². The number of nitrogens with two attached hydrogens (primary N) is 1. The maximum Gasteiger partial charge on any atom is 0.166 e. The van der Waals surface area contributed by atoms with Crippen LogP contribution in [0.5, 0.6) is 0 Å². The third-order valence-electron chi connectivity index (χ3n) is 5.61. The van der Waals surface area contributed by atoms with Crippen molar-refractivity contribution in [3.63, 3.8) is 0 Å². The molecule has 31 heavy (non-hydrogen) atoms. The average Bonchev–Trinajstić information content (AvgIpc) is 3.15. The van der Waals surface area contributed by atoms with Crippen LogP contribution in [0.4, 0.5) is 11.6 Å². The van der Waals surface area contributed by atoms with E-state index in [2.05, 4.69) is 35.9 Å². The fourth-order valence-corrected chi connectivity index (χ4v) is 3.94. The van der Waals surface area contributed by atoms with Crippen LogP contribution in [-0.4, -0.2) is 73.9 Å². The molecule has 0 radical (unpaired) electrons. The van der Waals surface area contributed by atoms with Gasteiger partial charge in [0.05, 0.1) is 17.9 Å². The van der Waals surface area contributed by atoms with Crippen molar-refractivity contribution in [2.75, 3.05) is 50.0 Å². The van der Waals surface area contributed by atoms with Crippen molar-refractivity contribution < 1.29 is 5.11 Å². The lowest BCUT2D eigenvalue weighted by molar-refractivity contribution is 0.188. The molecule has 1 saturated heterocycles. The van der Waals surface area contributed by atoms with Crippen LogP contribution in [0, 0.1) is 0 Å². The zero-order chi connectivity index (χ0) is 21.2. The lowest BCUT2D eigenvalue weighted by Crippen LogP contribution is -2.47. The molecule has 1 aliphatic heterocycles. The van der Waals surface area contributed by atoms with Crippen molar-refractivity contribution in [2.24, 2.45) is 0 Å². The molecule has 1 fully saturated rings. The van der Waals surface area contributed by atoms with E-state index in [1.807, 2.05) is 42.9 Å². The Kier molecular flexibility index (Phi) is 5.19. The largest absolute Gasteiger partial charge is 0.395 e. The molecule has 4 aromatic rings. The molecule has 0 saturated carbocycles. The highest BCUT2D eigenvalue weighted by Gasteiger charge is 2.18. The maximum atomic E-state index is 9.09. The summed E-state index contributed by atoms with van der Waals surface area (Å²) in [6.07, 6.45) is 7.32. The van der Waals surface area contributed by atoms with Crippen molar-refractivity contribution in [2.45, 2.75) is 0 Å². The van der Waals surface area contributed by atoms with E-state index in [-0.39, 0.29) is 6.61 Å². The predicted octanol–water partition coefficient (Wildman–Crippen LogP) is 1.55. The number of aliphatic hydroxyl groups excluding tert-OH is 1. The number of rotatable bonds is 5. The second-order valence-corrected chi connectivity index (χ2v) is 7.54. The van der Waals surface area contributed by atoms with Crippen LogP contribution >= 0.6 is 0 Å². The highest BCUT2D eigenvalue weighted by Crippen LogP contribution is 2.29. The first-order valence-electron chi connectivity index (χ1n) is 10.3. The summed E-state index contributed by atoms with van der Waals surface area (Å²) in [6, 6.07) is 9.77. The van der Waals surface area contributed by atoms with Gasteiger partial charge < -0.3 is 15.7 Å². The number of nitrogen functional groups attached to an aromatic ring is 1. The van der Waals surface area contributed by atoms with Crippen molar-refractivity contribution >= 4 is 17.3 Å². The van der Waals surface area contributed by atoms with E-state index < -0.39 is 0 Å². The normalized spacial score (nSPS) is 14.9. The number of pyridine rings is 2. The van der Waals surface area contributed by atoms with Crippen molar-refractivity contribution in [3.05, 3.63) is 55.1 Å². The first-order valence-corrected chi connectivity index (χ1v) is 10.3. The van der Waals surface area contributed by atoms with Crippen molar-refractivity contribution in [3.8, 4) is 22.4 Å². The van der Waals surface area contributed by atoms with Gasteiger partial charge in [0.1, 0.15) is 5.82 Å². The summed E-state index contributed by atoms with van der Waals surface area (Å²) in [4.78, 5) is 18.2. The molecular formula is C22H24N8O. The van der Waals surface area contributed by atoms with Gasteiger partial charge in [-0.1, -0.05) is 6.07 Å². The number of anilines is 2. The zero-order valence-corrected chi connectivity index (χ0v) is 17.1. The summed E-state index contributed by atoms with van der Waals surface area (Å²) in [7, 11) is 0. The minimum Gasteiger partial charge on any atom is -0.395 e. The maximum absolute atomic E-state index is 9.09. The van der Waals surface area contributed by atoms with Gasteiger partial charge in [-0.05, 0) is 24.3 Å². The number of nitrogens with zero attached hydrogens (tertiary/aromatic N) is 7. The molecule has 4 aromatic heterocycles. The Morgan fingerprint density at radius 2 is 1.77 bits per heavy atom. The number of hydrogen-bond donors (Lipinski definition) is 2. The van der Waals surface area contributed by atoms with Gasteiger partial charge >= 0.3 is 0 Å². The first kappa shape index (κ1) is 19.4. The molecular weight excluding hydrogens is 392 g/mol. The molecule has 0 unspecified atom stereocenters. The van der Waals surface area contributed by atoms with E-state index in [0.717, 1.165) is 60.9 Å². The SMILES string of the molecule is Nc1nn2cc(-c3ccc(N4CCN(CCO)CC4)nc3)cnc2c1-c1ccccn1. The second kappa shape index (κ2) is 8.29. The average molecular weight is 416 g/mol. The fourth-order valence-electron chi connectivity index (χ4n) is 3.94. The first-order chi connectivity index (χ1) is 15.2. The molecule has 158 valence electrons. The molecule has 0 amide bonds. The lowest BCUT2D eigenvalue weighted by Gasteiger charge is -2.35. The number of fused-ring (bicyclic) bond motifs is 1. The highest BCUT2D eigenvalue weighted by molar-refractivity contribution is 5.84. The van der Waals surface area contributed by atoms with Crippen LogP contribution in [0.2, 0.25) is 0 Å². The molecule has 0 atom stereocenters. The standard InChI is InChI=1S/C22H24N8O/c23-21-20(18-3-1-2-6-24-18)22-26-14-17(15-30(22)27-21)16-4-5-19(25-13-16)29-9-7-28(8-10-29)11-12-31/h1-6,13-15,31H,7-12H2,(H2,23,27). The number of aliphatic hydroxyl groups is 1. The summed E-state index contributed by atoms with van der Waals surface area (Å²) < 4.78 is 1.70. The molecule has 5 heterocycles. The van der Waals surface area contributed by atoms with Gasteiger partial charge in [0.15, 0.2) is 11.5 Å². The summed E-state index contributed by atoms with van der Waals surface area (Å²) >= 11 is 0. The molecule has 1 aliphatic rings. The highest BCUT2D eigenvalue weighted by atomic mass is 16.3. The molecule has 3 N–H and O–H groups in total. The predicted molar refractivity (Wildman–Crippen MR) is 120 cm³/mol. The summed E-state index contributed by atoms with van der Waals surface area (Å²) in [6.45, 7) is 4.62. The third-order valence-corrected chi connectivity index (χ3v) is 5.61. The van der Waals surface area contributed by atoms with Crippen LogP contribution in [0.1, 0.15) is 0 Å². The van der Waals surface area contributed by atoms with Crippen LogP contribution in [0.3, 0.4) is 0 Å². The van der Waals surface area contributed by atoms with E-state index in [0.29, 0.717) is 11.5 Å². The Bertz CT molecular complexity index is 1170. The van der Waals surface area contributed by atoms with E-state index >= 15 is 0 Å². The van der Waals surface area contributed by atoms with Gasteiger partial charge in [-0.25, -0.2) is 14.5 Å².